The maximum atomic E-state index is 13.8. The molecule has 1 aliphatic rings. The molecule has 3 aromatic rings. The number of pyridine rings is 1. The van der Waals surface area contributed by atoms with E-state index in [4.69, 9.17) is 0 Å². The van der Waals surface area contributed by atoms with E-state index in [1.807, 2.05) is 32.0 Å². The van der Waals surface area contributed by atoms with Crippen LogP contribution in [0.2, 0.25) is 0 Å². The van der Waals surface area contributed by atoms with Crippen molar-refractivity contribution in [2.75, 3.05) is 30.3 Å². The van der Waals surface area contributed by atoms with E-state index in [-0.39, 0.29) is 24.1 Å². The van der Waals surface area contributed by atoms with Crippen LogP contribution in [0.3, 0.4) is 0 Å². The third-order valence-electron chi connectivity index (χ3n) is 5.46. The molecule has 2 N–H and O–H groups in total. The quantitative estimate of drug-likeness (QED) is 0.605. The standard InChI is InChI=1S/C24H27FN6O/c1-16-12-17(2)28-24(27-16)29-19-9-10-21(26-13-19)18-6-5-11-31(14-18)15-23(32)30-22-8-4-3-7-20(22)25/h3-4,7-10,12-13,18H,5-6,11,14-15H2,1-2H3,(H,30,32)(H,27,28,29)/t18-/m1/s1. The van der Waals surface area contributed by atoms with E-state index in [9.17, 15) is 9.18 Å². The van der Waals surface area contributed by atoms with Gasteiger partial charge in [0.1, 0.15) is 5.82 Å². The molecule has 2 aromatic heterocycles. The molecule has 0 saturated carbocycles. The van der Waals surface area contributed by atoms with E-state index in [0.29, 0.717) is 5.95 Å². The highest BCUT2D eigenvalue weighted by atomic mass is 19.1. The molecule has 1 atom stereocenters. The van der Waals surface area contributed by atoms with Gasteiger partial charge in [0.2, 0.25) is 11.9 Å². The number of carbonyl (C=O) groups excluding carboxylic acids is 1. The summed E-state index contributed by atoms with van der Waals surface area (Å²) in [5.41, 5.74) is 3.85. The van der Waals surface area contributed by atoms with Crippen molar-refractivity contribution in [2.24, 2.45) is 0 Å². The second-order valence-electron chi connectivity index (χ2n) is 8.17. The molecule has 0 spiro atoms. The Morgan fingerprint density at radius 1 is 1.16 bits per heavy atom. The molecule has 8 heteroatoms. The summed E-state index contributed by atoms with van der Waals surface area (Å²) in [5, 5.41) is 5.86. The highest BCUT2D eigenvalue weighted by Crippen LogP contribution is 2.26. The fourth-order valence-corrected chi connectivity index (χ4v) is 4.03. The van der Waals surface area contributed by atoms with Crippen LogP contribution in [0.5, 0.6) is 0 Å². The van der Waals surface area contributed by atoms with Gasteiger partial charge in [0.25, 0.3) is 0 Å². The first-order valence-corrected chi connectivity index (χ1v) is 10.8. The van der Waals surface area contributed by atoms with E-state index in [1.165, 1.54) is 6.07 Å². The first-order valence-electron chi connectivity index (χ1n) is 10.8. The lowest BCUT2D eigenvalue weighted by Crippen LogP contribution is -2.40. The Balaban J connectivity index is 1.34. The number of nitrogens with one attached hydrogen (secondary N) is 2. The Bertz CT molecular complexity index is 1070. The van der Waals surface area contributed by atoms with Gasteiger partial charge in [-0.15, -0.1) is 0 Å². The van der Waals surface area contributed by atoms with Crippen molar-refractivity contribution in [1.29, 1.82) is 0 Å². The molecule has 0 bridgehead atoms. The Labute approximate surface area is 187 Å². The maximum absolute atomic E-state index is 13.8. The number of anilines is 3. The van der Waals surface area contributed by atoms with Crippen LogP contribution in [0, 0.1) is 19.7 Å². The average molecular weight is 435 g/mol. The monoisotopic (exact) mass is 434 g/mol. The number of piperidine rings is 1. The molecule has 1 aromatic carbocycles. The molecule has 0 aliphatic carbocycles. The number of rotatable bonds is 6. The zero-order valence-corrected chi connectivity index (χ0v) is 18.3. The number of hydrogen-bond donors (Lipinski definition) is 2. The third kappa shape index (κ3) is 5.64. The summed E-state index contributed by atoms with van der Waals surface area (Å²) in [4.78, 5) is 27.9. The van der Waals surface area contributed by atoms with E-state index >= 15 is 0 Å². The Hall–Kier alpha value is -3.39. The number of hydrogen-bond acceptors (Lipinski definition) is 6. The molecule has 7 nitrogen and oxygen atoms in total. The lowest BCUT2D eigenvalue weighted by molar-refractivity contribution is -0.117. The number of aromatic nitrogens is 3. The summed E-state index contributed by atoms with van der Waals surface area (Å²) >= 11 is 0. The average Bonchev–Trinajstić information content (AvgIpc) is 2.75. The van der Waals surface area contributed by atoms with E-state index < -0.39 is 5.82 Å². The minimum atomic E-state index is -0.429. The number of aryl methyl sites for hydroxylation is 2. The van der Waals surface area contributed by atoms with Crippen molar-refractivity contribution in [1.82, 2.24) is 19.9 Å². The molecule has 1 fully saturated rings. The molecule has 0 unspecified atom stereocenters. The predicted molar refractivity (Wildman–Crippen MR) is 122 cm³/mol. The highest BCUT2D eigenvalue weighted by Gasteiger charge is 2.24. The molecular weight excluding hydrogens is 407 g/mol. The summed E-state index contributed by atoms with van der Waals surface area (Å²) < 4.78 is 13.8. The predicted octanol–water partition coefficient (Wildman–Crippen LogP) is 4.19. The van der Waals surface area contributed by atoms with Crippen LogP contribution < -0.4 is 10.6 Å². The van der Waals surface area contributed by atoms with Crippen LogP contribution in [0.15, 0.2) is 48.7 Å². The zero-order valence-electron chi connectivity index (χ0n) is 18.3. The van der Waals surface area contributed by atoms with Gasteiger partial charge in [-0.05, 0) is 63.6 Å². The van der Waals surface area contributed by atoms with Crippen LogP contribution >= 0.6 is 0 Å². The Morgan fingerprint density at radius 2 is 1.94 bits per heavy atom. The minimum absolute atomic E-state index is 0.211. The van der Waals surface area contributed by atoms with Crippen LogP contribution in [-0.4, -0.2) is 45.4 Å². The molecule has 1 amide bonds. The van der Waals surface area contributed by atoms with Gasteiger partial charge >= 0.3 is 0 Å². The van der Waals surface area contributed by atoms with Crippen molar-refractivity contribution in [3.05, 3.63) is 71.6 Å². The Morgan fingerprint density at radius 3 is 2.66 bits per heavy atom. The van der Waals surface area contributed by atoms with Crippen LogP contribution in [0.1, 0.15) is 35.8 Å². The van der Waals surface area contributed by atoms with Crippen LogP contribution in [-0.2, 0) is 4.79 Å². The number of carbonyl (C=O) groups is 1. The molecule has 0 radical (unpaired) electrons. The normalized spacial score (nSPS) is 16.5. The second-order valence-corrected chi connectivity index (χ2v) is 8.17. The van der Waals surface area contributed by atoms with Gasteiger partial charge in [0.05, 0.1) is 24.1 Å². The molecule has 1 aliphatic heterocycles. The van der Waals surface area contributed by atoms with Crippen LogP contribution in [0.25, 0.3) is 0 Å². The molecule has 1 saturated heterocycles. The van der Waals surface area contributed by atoms with Crippen molar-refractivity contribution >= 4 is 23.2 Å². The third-order valence-corrected chi connectivity index (χ3v) is 5.46. The smallest absolute Gasteiger partial charge is 0.238 e. The zero-order chi connectivity index (χ0) is 22.5. The summed E-state index contributed by atoms with van der Waals surface area (Å²) in [6, 6.07) is 12.1. The topological polar surface area (TPSA) is 83.0 Å². The van der Waals surface area contributed by atoms with Gasteiger partial charge in [0, 0.05) is 29.5 Å². The number of likely N-dealkylation sites (tertiary alicyclic amines) is 1. The summed E-state index contributed by atoms with van der Waals surface area (Å²) in [6.07, 6.45) is 3.79. The number of benzene rings is 1. The lowest BCUT2D eigenvalue weighted by atomic mass is 9.94. The molecule has 3 heterocycles. The van der Waals surface area contributed by atoms with Crippen molar-refractivity contribution in [3.63, 3.8) is 0 Å². The van der Waals surface area contributed by atoms with Crippen LogP contribution in [0.4, 0.5) is 21.7 Å². The molecular formula is C24H27FN6O. The molecule has 166 valence electrons. The summed E-state index contributed by atoms with van der Waals surface area (Å²) in [5.74, 6) is 0.163. The van der Waals surface area contributed by atoms with Crippen molar-refractivity contribution < 1.29 is 9.18 Å². The fraction of sp³-hybridized carbons (Fsp3) is 0.333. The van der Waals surface area contributed by atoms with Gasteiger partial charge in [-0.3, -0.25) is 14.7 Å². The summed E-state index contributed by atoms with van der Waals surface area (Å²) in [6.45, 7) is 5.68. The van der Waals surface area contributed by atoms with Crippen molar-refractivity contribution in [2.45, 2.75) is 32.6 Å². The number of amides is 1. The number of halogens is 1. The minimum Gasteiger partial charge on any atom is -0.323 e. The number of nitrogens with zero attached hydrogens (tertiary/aromatic N) is 4. The number of para-hydroxylation sites is 1. The molecule has 32 heavy (non-hydrogen) atoms. The largest absolute Gasteiger partial charge is 0.323 e. The maximum Gasteiger partial charge on any atom is 0.238 e. The first kappa shape index (κ1) is 21.8. The van der Waals surface area contributed by atoms with Gasteiger partial charge in [-0.1, -0.05) is 12.1 Å². The van der Waals surface area contributed by atoms with Gasteiger partial charge < -0.3 is 10.6 Å². The summed E-state index contributed by atoms with van der Waals surface area (Å²) in [7, 11) is 0. The van der Waals surface area contributed by atoms with E-state index in [0.717, 1.165) is 48.7 Å². The molecule has 4 rings (SSSR count). The van der Waals surface area contributed by atoms with Gasteiger partial charge in [-0.25, -0.2) is 14.4 Å². The van der Waals surface area contributed by atoms with Gasteiger partial charge in [0.15, 0.2) is 0 Å². The highest BCUT2D eigenvalue weighted by molar-refractivity contribution is 5.92. The lowest BCUT2D eigenvalue weighted by Gasteiger charge is -2.32. The van der Waals surface area contributed by atoms with E-state index in [2.05, 4.69) is 30.5 Å². The van der Waals surface area contributed by atoms with E-state index in [1.54, 1.807) is 24.4 Å². The SMILES string of the molecule is Cc1cc(C)nc(Nc2ccc([C@@H]3CCCN(CC(=O)Nc4ccccc4F)C3)nc2)n1. The van der Waals surface area contributed by atoms with Crippen molar-refractivity contribution in [3.8, 4) is 0 Å². The Kier molecular flexibility index (Phi) is 6.70. The first-order chi connectivity index (χ1) is 15.5. The second kappa shape index (κ2) is 9.82. The van der Waals surface area contributed by atoms with Gasteiger partial charge in [-0.2, -0.15) is 0 Å². The fourth-order valence-electron chi connectivity index (χ4n) is 4.03.